The number of hydrogen-bond donors (Lipinski definition) is 1. The van der Waals surface area contributed by atoms with Crippen molar-refractivity contribution < 1.29 is 28.2 Å². The number of allylic oxidation sites excluding steroid dienone is 1. The first-order valence-corrected chi connectivity index (χ1v) is 13.4. The van der Waals surface area contributed by atoms with Crippen molar-refractivity contribution in [3.05, 3.63) is 47.0 Å². The summed E-state index contributed by atoms with van der Waals surface area (Å²) in [7, 11) is 1.72. The predicted octanol–water partition coefficient (Wildman–Crippen LogP) is 2.24. The maximum atomic E-state index is 14.5. The second-order valence-corrected chi connectivity index (χ2v) is 10.5. The minimum absolute atomic E-state index is 0.183. The molecule has 0 saturated carbocycles. The Morgan fingerprint density at radius 2 is 1.97 bits per heavy atom. The van der Waals surface area contributed by atoms with Crippen LogP contribution in [0.5, 0.6) is 0 Å². The van der Waals surface area contributed by atoms with E-state index in [9.17, 15) is 18.8 Å². The molecule has 2 amide bonds. The van der Waals surface area contributed by atoms with Crippen LogP contribution in [0.1, 0.15) is 53.9 Å². The Kier molecular flexibility index (Phi) is 8.02. The van der Waals surface area contributed by atoms with Crippen LogP contribution in [0.25, 0.3) is 0 Å². The third kappa shape index (κ3) is 5.49. The van der Waals surface area contributed by atoms with E-state index < -0.39 is 30.3 Å². The number of ketones is 1. The monoisotopic (exact) mass is 513 g/mol. The van der Waals surface area contributed by atoms with Crippen molar-refractivity contribution in [3.63, 3.8) is 0 Å². The molecule has 4 aliphatic rings. The molecular formula is C28H36FN3O5. The molecule has 0 radical (unpaired) electrons. The lowest BCUT2D eigenvalue weighted by Crippen LogP contribution is -2.52. The van der Waals surface area contributed by atoms with E-state index in [2.05, 4.69) is 10.2 Å². The number of carbonyl (C=O) groups is 3. The molecule has 5 rings (SSSR count). The smallest absolute Gasteiger partial charge is 0.252 e. The van der Waals surface area contributed by atoms with Crippen molar-refractivity contribution in [1.29, 1.82) is 0 Å². The van der Waals surface area contributed by atoms with Crippen molar-refractivity contribution >= 4 is 17.6 Å². The summed E-state index contributed by atoms with van der Waals surface area (Å²) < 4.78 is 25.0. The van der Waals surface area contributed by atoms with E-state index in [0.29, 0.717) is 17.9 Å². The van der Waals surface area contributed by atoms with Gasteiger partial charge in [0.15, 0.2) is 5.78 Å². The molecule has 1 aromatic carbocycles. The molecule has 37 heavy (non-hydrogen) atoms. The topological polar surface area (TPSA) is 88.2 Å². The molecule has 0 spiro atoms. The van der Waals surface area contributed by atoms with Gasteiger partial charge in [0.2, 0.25) is 5.91 Å². The summed E-state index contributed by atoms with van der Waals surface area (Å²) in [6, 6.07) is 5.80. The molecule has 9 heteroatoms. The van der Waals surface area contributed by atoms with Crippen LogP contribution in [0, 0.1) is 0 Å². The van der Waals surface area contributed by atoms with Gasteiger partial charge in [-0.15, -0.1) is 0 Å². The maximum Gasteiger partial charge on any atom is 0.252 e. The van der Waals surface area contributed by atoms with Crippen molar-refractivity contribution in [3.8, 4) is 0 Å². The van der Waals surface area contributed by atoms with E-state index >= 15 is 0 Å². The summed E-state index contributed by atoms with van der Waals surface area (Å²) in [5.41, 5.74) is 2.51. The standard InChI is InChI=1S/C28H36FN3O5/c1-36-15-14-31-12-10-19(11-13-31)18-6-8-21(9-7-18)27(34)30-24(20-4-2-3-5-20)28(35)32-16-22(29)26-25(32)23(33)17-37-26/h4,6-9,19,22,24-26H,2-3,5,10-17H2,1H3,(H,30,34)/t22-,24+,25-,26-/m1/s1. The molecular weight excluding hydrogens is 477 g/mol. The first-order chi connectivity index (χ1) is 18.0. The van der Waals surface area contributed by atoms with E-state index in [-0.39, 0.29) is 24.8 Å². The Morgan fingerprint density at radius 3 is 2.65 bits per heavy atom. The molecule has 3 saturated heterocycles. The number of carbonyl (C=O) groups excluding carboxylic acids is 3. The summed E-state index contributed by atoms with van der Waals surface area (Å²) >= 11 is 0. The van der Waals surface area contributed by atoms with Crippen LogP contribution < -0.4 is 5.32 Å². The maximum absolute atomic E-state index is 14.5. The van der Waals surface area contributed by atoms with Crippen LogP contribution in [0.15, 0.2) is 35.9 Å². The van der Waals surface area contributed by atoms with Gasteiger partial charge in [-0.2, -0.15) is 0 Å². The number of Topliss-reactive ketones (excluding diaryl/α,β-unsaturated/α-hetero) is 1. The van der Waals surface area contributed by atoms with Crippen LogP contribution >= 0.6 is 0 Å². The van der Waals surface area contributed by atoms with Crippen LogP contribution in [-0.4, -0.2) is 98.3 Å². The highest BCUT2D eigenvalue weighted by Crippen LogP contribution is 2.32. The van der Waals surface area contributed by atoms with Gasteiger partial charge in [0.05, 0.1) is 13.2 Å². The number of fused-ring (bicyclic) bond motifs is 1. The summed E-state index contributed by atoms with van der Waals surface area (Å²) in [4.78, 5) is 42.8. The molecule has 0 unspecified atom stereocenters. The minimum Gasteiger partial charge on any atom is -0.383 e. The Balaban J connectivity index is 1.25. The van der Waals surface area contributed by atoms with Crippen LogP contribution in [0.4, 0.5) is 4.39 Å². The third-order valence-corrected chi connectivity index (χ3v) is 8.22. The summed E-state index contributed by atoms with van der Waals surface area (Å²) in [5, 5.41) is 2.89. The van der Waals surface area contributed by atoms with Crippen molar-refractivity contribution in [2.24, 2.45) is 0 Å². The van der Waals surface area contributed by atoms with Gasteiger partial charge in [-0.25, -0.2) is 4.39 Å². The summed E-state index contributed by atoms with van der Waals surface area (Å²) in [6.07, 6.45) is 4.19. The third-order valence-electron chi connectivity index (χ3n) is 8.22. The molecule has 0 aromatic heterocycles. The first kappa shape index (κ1) is 26.0. The largest absolute Gasteiger partial charge is 0.383 e. The molecule has 1 N–H and O–H groups in total. The Bertz CT molecular complexity index is 1040. The number of methoxy groups -OCH3 is 1. The summed E-state index contributed by atoms with van der Waals surface area (Å²) in [6.45, 7) is 3.37. The van der Waals surface area contributed by atoms with Gasteiger partial charge >= 0.3 is 0 Å². The zero-order valence-electron chi connectivity index (χ0n) is 21.4. The molecule has 3 fully saturated rings. The average Bonchev–Trinajstić information content (AvgIpc) is 3.66. The average molecular weight is 514 g/mol. The van der Waals surface area contributed by atoms with Crippen molar-refractivity contribution in [1.82, 2.24) is 15.1 Å². The van der Waals surface area contributed by atoms with E-state index in [4.69, 9.17) is 9.47 Å². The molecule has 4 atom stereocenters. The van der Waals surface area contributed by atoms with Crippen LogP contribution in [0.2, 0.25) is 0 Å². The fourth-order valence-corrected chi connectivity index (χ4v) is 6.09. The molecule has 3 heterocycles. The lowest BCUT2D eigenvalue weighted by atomic mass is 9.89. The van der Waals surface area contributed by atoms with E-state index in [1.165, 1.54) is 10.5 Å². The quantitative estimate of drug-likeness (QED) is 0.537. The number of nitrogens with one attached hydrogen (secondary N) is 1. The minimum atomic E-state index is -1.41. The molecule has 8 nitrogen and oxygen atoms in total. The normalized spacial score (nSPS) is 27.3. The van der Waals surface area contributed by atoms with Gasteiger partial charge in [-0.1, -0.05) is 18.2 Å². The lowest BCUT2D eigenvalue weighted by Gasteiger charge is -2.32. The lowest BCUT2D eigenvalue weighted by molar-refractivity contribution is -0.137. The predicted molar refractivity (Wildman–Crippen MR) is 135 cm³/mol. The van der Waals surface area contributed by atoms with Crippen molar-refractivity contribution in [2.45, 2.75) is 62.4 Å². The van der Waals surface area contributed by atoms with Crippen LogP contribution in [0.3, 0.4) is 0 Å². The number of piperidine rings is 1. The second kappa shape index (κ2) is 11.4. The second-order valence-electron chi connectivity index (χ2n) is 10.5. The molecule has 0 bridgehead atoms. The zero-order chi connectivity index (χ0) is 25.9. The van der Waals surface area contributed by atoms with Gasteiger partial charge in [0.25, 0.3) is 5.91 Å². The Morgan fingerprint density at radius 1 is 1.22 bits per heavy atom. The highest BCUT2D eigenvalue weighted by atomic mass is 19.1. The number of nitrogens with zero attached hydrogens (tertiary/aromatic N) is 2. The highest BCUT2D eigenvalue weighted by Gasteiger charge is 2.54. The number of rotatable bonds is 8. The van der Waals surface area contributed by atoms with E-state index in [1.807, 2.05) is 30.3 Å². The first-order valence-electron chi connectivity index (χ1n) is 13.4. The van der Waals surface area contributed by atoms with Gasteiger partial charge in [-0.05, 0) is 74.4 Å². The van der Waals surface area contributed by atoms with Gasteiger partial charge in [0.1, 0.15) is 31.0 Å². The fraction of sp³-hybridized carbons (Fsp3) is 0.607. The molecule has 1 aliphatic carbocycles. The molecule has 1 aromatic rings. The van der Waals surface area contributed by atoms with Crippen LogP contribution in [-0.2, 0) is 19.1 Å². The number of hydrogen-bond acceptors (Lipinski definition) is 6. The number of benzene rings is 1. The Hall–Kier alpha value is -2.62. The zero-order valence-corrected chi connectivity index (χ0v) is 21.4. The number of amides is 2. The summed E-state index contributed by atoms with van der Waals surface area (Å²) in [5.74, 6) is -0.623. The molecule has 200 valence electrons. The van der Waals surface area contributed by atoms with Gasteiger partial charge < -0.3 is 24.6 Å². The Labute approximate surface area is 217 Å². The number of halogens is 1. The van der Waals surface area contributed by atoms with E-state index in [1.54, 1.807) is 7.11 Å². The fourth-order valence-electron chi connectivity index (χ4n) is 6.09. The van der Waals surface area contributed by atoms with Crippen molar-refractivity contribution in [2.75, 3.05) is 46.5 Å². The number of ether oxygens (including phenoxy) is 2. The van der Waals surface area contributed by atoms with E-state index in [0.717, 1.165) is 57.5 Å². The highest BCUT2D eigenvalue weighted by molar-refractivity contribution is 6.00. The number of likely N-dealkylation sites (tertiary alicyclic amines) is 2. The molecule has 3 aliphatic heterocycles. The van der Waals surface area contributed by atoms with Gasteiger partial charge in [-0.3, -0.25) is 14.4 Å². The number of alkyl halides is 1. The van der Waals surface area contributed by atoms with Gasteiger partial charge in [0, 0.05) is 19.2 Å². The SMILES string of the molecule is COCCN1CCC(c2ccc(C(=O)N[C@H](C(=O)N3C[C@@H](F)[C@H]4OCC(=O)[C@H]43)C3=CCCC3)cc2)CC1.